The molecule has 2 saturated heterocycles. The molecule has 0 spiro atoms. The standard InChI is InChI=1S/C11H19N3O2/c1-12-5-4-10(15)13-6-7-14-9(8-13)2-3-11(14)16/h9,12H,2-8H2,1H3. The summed E-state index contributed by atoms with van der Waals surface area (Å²) in [7, 11) is 1.85. The van der Waals surface area contributed by atoms with Gasteiger partial charge in [0.15, 0.2) is 0 Å². The topological polar surface area (TPSA) is 52.7 Å². The lowest BCUT2D eigenvalue weighted by molar-refractivity contribution is -0.138. The SMILES string of the molecule is CNCCC(=O)N1CCN2C(=O)CCC2C1. The maximum Gasteiger partial charge on any atom is 0.223 e. The maximum absolute atomic E-state index is 11.8. The number of nitrogens with one attached hydrogen (secondary N) is 1. The molecule has 1 unspecified atom stereocenters. The van der Waals surface area contributed by atoms with E-state index in [1.54, 1.807) is 0 Å². The molecule has 90 valence electrons. The molecule has 2 aliphatic rings. The maximum atomic E-state index is 11.8. The van der Waals surface area contributed by atoms with Crippen molar-refractivity contribution in [2.24, 2.45) is 0 Å². The summed E-state index contributed by atoms with van der Waals surface area (Å²) in [6.45, 7) is 2.87. The molecule has 0 aromatic carbocycles. The van der Waals surface area contributed by atoms with Crippen LogP contribution < -0.4 is 5.32 Å². The van der Waals surface area contributed by atoms with E-state index in [1.165, 1.54) is 0 Å². The lowest BCUT2D eigenvalue weighted by Crippen LogP contribution is -2.53. The van der Waals surface area contributed by atoms with Gasteiger partial charge in [0.2, 0.25) is 11.8 Å². The molecule has 1 N–H and O–H groups in total. The van der Waals surface area contributed by atoms with E-state index in [4.69, 9.17) is 0 Å². The number of hydrogen-bond donors (Lipinski definition) is 1. The van der Waals surface area contributed by atoms with Crippen LogP contribution in [0.5, 0.6) is 0 Å². The van der Waals surface area contributed by atoms with E-state index in [-0.39, 0.29) is 17.9 Å². The average Bonchev–Trinajstić information content (AvgIpc) is 2.67. The van der Waals surface area contributed by atoms with Crippen molar-refractivity contribution in [3.05, 3.63) is 0 Å². The number of carbonyl (C=O) groups is 2. The molecule has 1 atom stereocenters. The Morgan fingerprint density at radius 2 is 2.31 bits per heavy atom. The summed E-state index contributed by atoms with van der Waals surface area (Å²) in [4.78, 5) is 27.1. The molecule has 5 heteroatoms. The van der Waals surface area contributed by atoms with E-state index >= 15 is 0 Å². The van der Waals surface area contributed by atoms with Gasteiger partial charge in [-0.05, 0) is 13.5 Å². The third-order valence-corrected chi connectivity index (χ3v) is 3.44. The first-order valence-corrected chi connectivity index (χ1v) is 5.94. The minimum absolute atomic E-state index is 0.202. The molecule has 0 radical (unpaired) electrons. The molecule has 2 amide bonds. The van der Waals surface area contributed by atoms with Gasteiger partial charge < -0.3 is 15.1 Å². The minimum Gasteiger partial charge on any atom is -0.339 e. The first kappa shape index (κ1) is 11.4. The van der Waals surface area contributed by atoms with E-state index in [2.05, 4.69) is 5.32 Å². The second-order valence-corrected chi connectivity index (χ2v) is 4.47. The quantitative estimate of drug-likeness (QED) is 0.700. The molecular weight excluding hydrogens is 206 g/mol. The van der Waals surface area contributed by atoms with Crippen LogP contribution in [-0.4, -0.2) is 60.9 Å². The van der Waals surface area contributed by atoms with Crippen molar-refractivity contribution in [2.45, 2.75) is 25.3 Å². The molecule has 2 aliphatic heterocycles. The van der Waals surface area contributed by atoms with Crippen LogP contribution in [-0.2, 0) is 9.59 Å². The zero-order valence-electron chi connectivity index (χ0n) is 9.74. The number of hydrogen-bond acceptors (Lipinski definition) is 3. The van der Waals surface area contributed by atoms with Crippen LogP contribution in [0.4, 0.5) is 0 Å². The zero-order chi connectivity index (χ0) is 11.5. The summed E-state index contributed by atoms with van der Waals surface area (Å²) < 4.78 is 0. The Balaban J connectivity index is 1.86. The largest absolute Gasteiger partial charge is 0.339 e. The van der Waals surface area contributed by atoms with Gasteiger partial charge in [0.25, 0.3) is 0 Å². The highest BCUT2D eigenvalue weighted by molar-refractivity contribution is 5.80. The van der Waals surface area contributed by atoms with Gasteiger partial charge in [-0.25, -0.2) is 0 Å². The Morgan fingerprint density at radius 1 is 1.50 bits per heavy atom. The van der Waals surface area contributed by atoms with Gasteiger partial charge >= 0.3 is 0 Å². The normalized spacial score (nSPS) is 24.8. The van der Waals surface area contributed by atoms with Gasteiger partial charge in [-0.3, -0.25) is 9.59 Å². The first-order chi connectivity index (χ1) is 7.72. The second kappa shape index (κ2) is 4.82. The highest BCUT2D eigenvalue weighted by atomic mass is 16.2. The van der Waals surface area contributed by atoms with Gasteiger partial charge in [-0.15, -0.1) is 0 Å². The van der Waals surface area contributed by atoms with Gasteiger partial charge in [0.1, 0.15) is 0 Å². The number of rotatable bonds is 3. The molecule has 2 fully saturated rings. The molecule has 0 aromatic heterocycles. The number of amides is 2. The molecule has 0 aromatic rings. The van der Waals surface area contributed by atoms with E-state index < -0.39 is 0 Å². The fourth-order valence-corrected chi connectivity index (χ4v) is 2.48. The highest BCUT2D eigenvalue weighted by Gasteiger charge is 2.36. The van der Waals surface area contributed by atoms with Crippen LogP contribution in [0.2, 0.25) is 0 Å². The Morgan fingerprint density at radius 3 is 3.06 bits per heavy atom. The summed E-state index contributed by atoms with van der Waals surface area (Å²) in [5.41, 5.74) is 0. The molecule has 0 aliphatic carbocycles. The molecule has 2 heterocycles. The van der Waals surface area contributed by atoms with Crippen LogP contribution >= 0.6 is 0 Å². The number of fused-ring (bicyclic) bond motifs is 1. The van der Waals surface area contributed by atoms with Crippen LogP contribution in [0.3, 0.4) is 0 Å². The predicted octanol–water partition coefficient (Wildman–Crippen LogP) is -0.571. The Hall–Kier alpha value is -1.10. The van der Waals surface area contributed by atoms with Crippen molar-refractivity contribution in [3.63, 3.8) is 0 Å². The summed E-state index contributed by atoms with van der Waals surface area (Å²) in [5, 5.41) is 2.98. The third kappa shape index (κ3) is 2.19. The van der Waals surface area contributed by atoms with E-state index in [0.29, 0.717) is 19.4 Å². The summed E-state index contributed by atoms with van der Waals surface area (Å²) in [6, 6.07) is 0.278. The first-order valence-electron chi connectivity index (χ1n) is 5.94. The van der Waals surface area contributed by atoms with Gasteiger partial charge in [0, 0.05) is 45.1 Å². The van der Waals surface area contributed by atoms with Crippen LogP contribution in [0.1, 0.15) is 19.3 Å². The third-order valence-electron chi connectivity index (χ3n) is 3.44. The minimum atomic E-state index is 0.202. The number of piperazine rings is 1. The van der Waals surface area contributed by atoms with Crippen molar-refractivity contribution >= 4 is 11.8 Å². The molecule has 0 saturated carbocycles. The van der Waals surface area contributed by atoms with E-state index in [1.807, 2.05) is 16.8 Å². The Labute approximate surface area is 95.8 Å². The molecule has 5 nitrogen and oxygen atoms in total. The molecule has 0 bridgehead atoms. The molecular formula is C11H19N3O2. The van der Waals surface area contributed by atoms with Crippen molar-refractivity contribution in [1.29, 1.82) is 0 Å². The highest BCUT2D eigenvalue weighted by Crippen LogP contribution is 2.22. The van der Waals surface area contributed by atoms with Crippen molar-refractivity contribution < 1.29 is 9.59 Å². The number of carbonyl (C=O) groups excluding carboxylic acids is 2. The molecule has 16 heavy (non-hydrogen) atoms. The lowest BCUT2D eigenvalue weighted by Gasteiger charge is -2.37. The van der Waals surface area contributed by atoms with Crippen LogP contribution in [0.15, 0.2) is 0 Å². The number of nitrogens with zero attached hydrogens (tertiary/aromatic N) is 2. The lowest BCUT2D eigenvalue weighted by atomic mass is 10.1. The van der Waals surface area contributed by atoms with E-state index in [9.17, 15) is 9.59 Å². The van der Waals surface area contributed by atoms with Crippen LogP contribution in [0.25, 0.3) is 0 Å². The van der Waals surface area contributed by atoms with Crippen molar-refractivity contribution in [3.8, 4) is 0 Å². The Bertz CT molecular complexity index is 293. The summed E-state index contributed by atoms with van der Waals surface area (Å²) >= 11 is 0. The fourth-order valence-electron chi connectivity index (χ4n) is 2.48. The summed E-state index contributed by atoms with van der Waals surface area (Å²) in [6.07, 6.45) is 2.12. The second-order valence-electron chi connectivity index (χ2n) is 4.47. The van der Waals surface area contributed by atoms with Gasteiger partial charge in [-0.2, -0.15) is 0 Å². The Kier molecular flexibility index (Phi) is 3.43. The van der Waals surface area contributed by atoms with E-state index in [0.717, 1.165) is 26.1 Å². The van der Waals surface area contributed by atoms with Gasteiger partial charge in [0.05, 0.1) is 0 Å². The average molecular weight is 225 g/mol. The smallest absolute Gasteiger partial charge is 0.223 e. The van der Waals surface area contributed by atoms with Crippen molar-refractivity contribution in [2.75, 3.05) is 33.2 Å². The van der Waals surface area contributed by atoms with Gasteiger partial charge in [-0.1, -0.05) is 0 Å². The fraction of sp³-hybridized carbons (Fsp3) is 0.818. The zero-order valence-corrected chi connectivity index (χ0v) is 9.74. The predicted molar refractivity (Wildman–Crippen MR) is 59.9 cm³/mol. The monoisotopic (exact) mass is 225 g/mol. The van der Waals surface area contributed by atoms with Crippen LogP contribution in [0, 0.1) is 0 Å². The molecule has 2 rings (SSSR count). The van der Waals surface area contributed by atoms with Crippen molar-refractivity contribution in [1.82, 2.24) is 15.1 Å². The summed E-state index contributed by atoms with van der Waals surface area (Å²) in [5.74, 6) is 0.459.